The van der Waals surface area contributed by atoms with Gasteiger partial charge >= 0.3 is 39.5 Å². The molecule has 0 spiro atoms. The highest BCUT2D eigenvalue weighted by atomic mass is 31.2. The first-order chi connectivity index (χ1) is 48.0. The lowest BCUT2D eigenvalue weighted by Gasteiger charge is -2.21. The minimum Gasteiger partial charge on any atom is -0.462 e. The maximum atomic E-state index is 13.1. The van der Waals surface area contributed by atoms with Crippen molar-refractivity contribution in [1.29, 1.82) is 0 Å². The number of aliphatic hydroxyl groups excluding tert-OH is 1. The molecule has 2 unspecified atom stereocenters. The van der Waals surface area contributed by atoms with Crippen LogP contribution >= 0.6 is 15.6 Å². The molecule has 0 aliphatic heterocycles. The van der Waals surface area contributed by atoms with Crippen LogP contribution in [0.25, 0.3) is 0 Å². The van der Waals surface area contributed by atoms with Gasteiger partial charge in [0.05, 0.1) is 26.4 Å². The van der Waals surface area contributed by atoms with Crippen molar-refractivity contribution in [3.63, 3.8) is 0 Å². The Labute approximate surface area is 605 Å². The van der Waals surface area contributed by atoms with E-state index in [-0.39, 0.29) is 25.7 Å². The van der Waals surface area contributed by atoms with Gasteiger partial charge in [-0.25, -0.2) is 9.13 Å². The van der Waals surface area contributed by atoms with Crippen molar-refractivity contribution in [3.05, 3.63) is 24.3 Å². The summed E-state index contributed by atoms with van der Waals surface area (Å²) in [6.45, 7) is 7.19. The lowest BCUT2D eigenvalue weighted by atomic mass is 10.0. The molecule has 0 aromatic heterocycles. The maximum Gasteiger partial charge on any atom is 0.472 e. The van der Waals surface area contributed by atoms with E-state index in [2.05, 4.69) is 58.9 Å². The lowest BCUT2D eigenvalue weighted by Crippen LogP contribution is -2.30. The van der Waals surface area contributed by atoms with Crippen molar-refractivity contribution in [3.8, 4) is 0 Å². The van der Waals surface area contributed by atoms with Gasteiger partial charge in [0, 0.05) is 25.7 Å². The van der Waals surface area contributed by atoms with E-state index in [4.69, 9.17) is 37.0 Å². The van der Waals surface area contributed by atoms with Crippen LogP contribution in [0.4, 0.5) is 0 Å². The number of phosphoric ester groups is 2. The fraction of sp³-hybridized carbons (Fsp3) is 0.900. The van der Waals surface area contributed by atoms with Crippen LogP contribution in [-0.4, -0.2) is 96.7 Å². The summed E-state index contributed by atoms with van der Waals surface area (Å²) in [6, 6.07) is 0. The van der Waals surface area contributed by atoms with E-state index in [9.17, 15) is 43.2 Å². The summed E-state index contributed by atoms with van der Waals surface area (Å²) in [5.74, 6) is -1.35. The third-order valence-electron chi connectivity index (χ3n) is 18.2. The number of rotatable bonds is 78. The Morgan fingerprint density at radius 3 is 0.828 bits per heavy atom. The van der Waals surface area contributed by atoms with Crippen LogP contribution in [0.1, 0.15) is 401 Å². The molecule has 19 heteroatoms. The van der Waals surface area contributed by atoms with Gasteiger partial charge in [0.2, 0.25) is 0 Å². The largest absolute Gasteiger partial charge is 0.472 e. The van der Waals surface area contributed by atoms with E-state index in [1.807, 2.05) is 0 Å². The number of hydrogen-bond donors (Lipinski definition) is 3. The zero-order valence-corrected chi connectivity index (χ0v) is 65.9. The van der Waals surface area contributed by atoms with Gasteiger partial charge in [-0.2, -0.15) is 0 Å². The summed E-state index contributed by atoms with van der Waals surface area (Å²) in [5.41, 5.74) is 0. The standard InChI is InChI=1S/C80H152O17P2/c1-6-9-12-15-17-19-21-23-25-26-27-28-29-30-34-39-43-47-51-56-61-66-80(85)97-76(70-91-78(83)64-59-54-49-45-41-37-35-31-33-36-40-44-48-53-57-62-73(4)5)72-95-99(88,89)93-68-74(81)67-92-98(86,87)94-71-75(69-90-77(82)63-58-52-14-11-8-3)96-79(84)65-60-55-50-46-42-38-32-24-22-20-18-16-13-10-7-2/h20,22,24,32,73-76,81H,6-19,21,23,25-31,33-72H2,1-5H3,(H,86,87)(H,88,89)/b22-20-,32-24-/t74-,75+,76+/m0/s1. The highest BCUT2D eigenvalue weighted by Gasteiger charge is 2.30. The van der Waals surface area contributed by atoms with Crippen LogP contribution in [0.2, 0.25) is 0 Å². The molecule has 0 bridgehead atoms. The first-order valence-corrected chi connectivity index (χ1v) is 43.9. The molecule has 99 heavy (non-hydrogen) atoms. The number of phosphoric acid groups is 2. The number of carbonyl (C=O) groups is 4. The monoisotopic (exact) mass is 1450 g/mol. The van der Waals surface area contributed by atoms with Gasteiger partial charge in [0.1, 0.15) is 19.3 Å². The van der Waals surface area contributed by atoms with Crippen LogP contribution < -0.4 is 0 Å². The van der Waals surface area contributed by atoms with Crippen molar-refractivity contribution in [2.45, 2.75) is 419 Å². The molecule has 5 atom stereocenters. The van der Waals surface area contributed by atoms with Crippen molar-refractivity contribution in [2.24, 2.45) is 5.92 Å². The highest BCUT2D eigenvalue weighted by molar-refractivity contribution is 7.47. The number of unbranched alkanes of at least 4 members (excludes halogenated alkanes) is 47. The minimum absolute atomic E-state index is 0.0844. The van der Waals surface area contributed by atoms with Gasteiger partial charge in [-0.1, -0.05) is 348 Å². The number of aliphatic hydroxyl groups is 1. The Morgan fingerprint density at radius 1 is 0.313 bits per heavy atom. The van der Waals surface area contributed by atoms with Crippen LogP contribution in [-0.2, 0) is 65.4 Å². The van der Waals surface area contributed by atoms with E-state index >= 15 is 0 Å². The molecule has 3 N–H and O–H groups in total. The highest BCUT2D eigenvalue weighted by Crippen LogP contribution is 2.45. The topological polar surface area (TPSA) is 237 Å². The zero-order chi connectivity index (χ0) is 72.7. The Bertz CT molecular complexity index is 1990. The molecule has 0 saturated carbocycles. The van der Waals surface area contributed by atoms with Gasteiger partial charge in [-0.05, 0) is 57.3 Å². The first kappa shape index (κ1) is 96.5. The second-order valence-electron chi connectivity index (χ2n) is 28.6. The van der Waals surface area contributed by atoms with Crippen LogP contribution in [0.15, 0.2) is 24.3 Å². The molecule has 0 aliphatic carbocycles. The van der Waals surface area contributed by atoms with Gasteiger partial charge in [-0.15, -0.1) is 0 Å². The summed E-state index contributed by atoms with van der Waals surface area (Å²) in [4.78, 5) is 72.6. The number of carbonyl (C=O) groups excluding carboxylic acids is 4. The molecule has 17 nitrogen and oxygen atoms in total. The summed E-state index contributed by atoms with van der Waals surface area (Å²) in [6.07, 6.45) is 66.6. The predicted octanol–water partition coefficient (Wildman–Crippen LogP) is 23.6. The van der Waals surface area contributed by atoms with Crippen molar-refractivity contribution in [2.75, 3.05) is 39.6 Å². The van der Waals surface area contributed by atoms with Crippen LogP contribution in [0, 0.1) is 5.92 Å². The Morgan fingerprint density at radius 2 is 0.545 bits per heavy atom. The Kier molecular flexibility index (Phi) is 70.7. The van der Waals surface area contributed by atoms with E-state index in [0.717, 1.165) is 115 Å². The number of hydrogen-bond acceptors (Lipinski definition) is 15. The number of ether oxygens (including phenoxy) is 4. The molecular formula is C80H152O17P2. The molecule has 0 aromatic carbocycles. The Balaban J connectivity index is 5.15. The molecule has 0 amide bonds. The summed E-state index contributed by atoms with van der Waals surface area (Å²) >= 11 is 0. The molecule has 0 saturated heterocycles. The summed E-state index contributed by atoms with van der Waals surface area (Å²) in [7, 11) is -9.92. The minimum atomic E-state index is -4.96. The maximum absolute atomic E-state index is 13.1. The molecule has 584 valence electrons. The SMILES string of the molecule is CCCCCC/C=C\C=C/CCCCCCCC(=O)O[C@H](COC(=O)CCCCCCC)COP(=O)(O)OC[C@H](O)COP(=O)(O)OC[C@@H](COC(=O)CCCCCCCCCCCCCCCCCC(C)C)OC(=O)CCCCCCCCCCCCCCCCCCCCCCC. The van der Waals surface area contributed by atoms with Crippen molar-refractivity contribution in [1.82, 2.24) is 0 Å². The van der Waals surface area contributed by atoms with Gasteiger partial charge < -0.3 is 33.8 Å². The molecule has 0 rings (SSSR count). The quantitative estimate of drug-likeness (QED) is 0.0169. The molecule has 0 heterocycles. The molecule has 0 fully saturated rings. The third-order valence-corrected chi connectivity index (χ3v) is 20.1. The molecular weight excluding hydrogens is 1290 g/mol. The van der Waals surface area contributed by atoms with E-state index in [0.29, 0.717) is 25.7 Å². The zero-order valence-electron chi connectivity index (χ0n) is 64.1. The van der Waals surface area contributed by atoms with E-state index in [1.165, 1.54) is 205 Å². The summed E-state index contributed by atoms with van der Waals surface area (Å²) < 4.78 is 68.4. The van der Waals surface area contributed by atoms with Crippen LogP contribution in [0.3, 0.4) is 0 Å². The molecule has 0 aliphatic rings. The van der Waals surface area contributed by atoms with Gasteiger partial charge in [0.15, 0.2) is 12.2 Å². The van der Waals surface area contributed by atoms with E-state index < -0.39 is 97.5 Å². The number of allylic oxidation sites excluding steroid dienone is 4. The average molecular weight is 1450 g/mol. The van der Waals surface area contributed by atoms with Crippen LogP contribution in [0.5, 0.6) is 0 Å². The second kappa shape index (κ2) is 72.5. The number of esters is 4. The Hall–Kier alpha value is -2.46. The fourth-order valence-electron chi connectivity index (χ4n) is 11.9. The second-order valence-corrected chi connectivity index (χ2v) is 31.5. The normalized spacial score (nSPS) is 14.0. The smallest absolute Gasteiger partial charge is 0.462 e. The lowest BCUT2D eigenvalue weighted by molar-refractivity contribution is -0.161. The van der Waals surface area contributed by atoms with Gasteiger partial charge in [0.25, 0.3) is 0 Å². The fourth-order valence-corrected chi connectivity index (χ4v) is 13.4. The molecule has 0 radical (unpaired) electrons. The first-order valence-electron chi connectivity index (χ1n) is 41.0. The summed E-state index contributed by atoms with van der Waals surface area (Å²) in [5, 5.41) is 10.6. The third kappa shape index (κ3) is 73.6. The predicted molar refractivity (Wildman–Crippen MR) is 404 cm³/mol. The molecule has 0 aromatic rings. The average Bonchev–Trinajstić information content (AvgIpc) is 1.17. The van der Waals surface area contributed by atoms with Crippen molar-refractivity contribution < 1.29 is 80.2 Å². The van der Waals surface area contributed by atoms with E-state index in [1.54, 1.807) is 0 Å². The van der Waals surface area contributed by atoms with Gasteiger partial charge in [-0.3, -0.25) is 37.3 Å². The van der Waals surface area contributed by atoms with Crippen molar-refractivity contribution >= 4 is 39.5 Å².